The Labute approximate surface area is 115 Å². The van der Waals surface area contributed by atoms with Crippen molar-refractivity contribution in [2.24, 2.45) is 5.73 Å². The van der Waals surface area contributed by atoms with Crippen LogP contribution in [0.4, 0.5) is 0 Å². The Bertz CT molecular complexity index is 420. The van der Waals surface area contributed by atoms with Gasteiger partial charge in [-0.25, -0.2) is 4.98 Å². The standard InChI is InChI=1S/C15H25N3O/c1-10(2)13-9-11(3)17-15(18-13)19-14-8-6-4-5-7-12(14)16/h9-10,12,14H,4-8,16H2,1-3H3. The highest BCUT2D eigenvalue weighted by atomic mass is 16.5. The first-order valence-electron chi connectivity index (χ1n) is 7.34. The highest BCUT2D eigenvalue weighted by Gasteiger charge is 2.23. The maximum Gasteiger partial charge on any atom is 0.317 e. The highest BCUT2D eigenvalue weighted by Crippen LogP contribution is 2.22. The normalized spacial score (nSPS) is 24.3. The van der Waals surface area contributed by atoms with E-state index in [-0.39, 0.29) is 12.1 Å². The summed E-state index contributed by atoms with van der Waals surface area (Å²) in [5, 5.41) is 0. The first kappa shape index (κ1) is 14.3. The van der Waals surface area contributed by atoms with E-state index in [1.54, 1.807) is 0 Å². The number of rotatable bonds is 3. The van der Waals surface area contributed by atoms with Crippen LogP contribution in [0.25, 0.3) is 0 Å². The zero-order valence-corrected chi connectivity index (χ0v) is 12.2. The van der Waals surface area contributed by atoms with Crippen LogP contribution in [0.1, 0.15) is 63.3 Å². The van der Waals surface area contributed by atoms with Gasteiger partial charge in [0.1, 0.15) is 6.10 Å². The van der Waals surface area contributed by atoms with Crippen molar-refractivity contribution in [1.29, 1.82) is 0 Å². The van der Waals surface area contributed by atoms with Crippen LogP contribution < -0.4 is 10.5 Å². The molecule has 2 atom stereocenters. The van der Waals surface area contributed by atoms with E-state index in [0.29, 0.717) is 11.9 Å². The molecule has 0 aliphatic heterocycles. The van der Waals surface area contributed by atoms with Crippen molar-refractivity contribution >= 4 is 0 Å². The molecule has 1 heterocycles. The van der Waals surface area contributed by atoms with Crippen LogP contribution in [0.15, 0.2) is 6.07 Å². The van der Waals surface area contributed by atoms with E-state index >= 15 is 0 Å². The van der Waals surface area contributed by atoms with Gasteiger partial charge in [0.15, 0.2) is 0 Å². The molecule has 0 amide bonds. The molecule has 2 unspecified atom stereocenters. The number of aromatic nitrogens is 2. The van der Waals surface area contributed by atoms with Gasteiger partial charge in [-0.1, -0.05) is 26.7 Å². The molecule has 106 valence electrons. The summed E-state index contributed by atoms with van der Waals surface area (Å²) in [5.41, 5.74) is 8.17. The van der Waals surface area contributed by atoms with Crippen LogP contribution >= 0.6 is 0 Å². The zero-order valence-electron chi connectivity index (χ0n) is 12.2. The summed E-state index contributed by atoms with van der Waals surface area (Å²) < 4.78 is 5.97. The summed E-state index contributed by atoms with van der Waals surface area (Å²) in [7, 11) is 0. The van der Waals surface area contributed by atoms with Gasteiger partial charge >= 0.3 is 6.01 Å². The molecule has 0 spiro atoms. The SMILES string of the molecule is Cc1cc(C(C)C)nc(OC2CCCCCC2N)n1. The first-order valence-corrected chi connectivity index (χ1v) is 7.34. The van der Waals surface area contributed by atoms with Crippen LogP contribution in [0.5, 0.6) is 6.01 Å². The summed E-state index contributed by atoms with van der Waals surface area (Å²) in [6.45, 7) is 6.24. The molecule has 1 aliphatic rings. The van der Waals surface area contributed by atoms with Gasteiger partial charge in [-0.3, -0.25) is 0 Å². The van der Waals surface area contributed by atoms with E-state index in [1.165, 1.54) is 19.3 Å². The second kappa shape index (κ2) is 6.33. The van der Waals surface area contributed by atoms with Gasteiger partial charge in [0, 0.05) is 11.7 Å². The summed E-state index contributed by atoms with van der Waals surface area (Å²) in [6, 6.07) is 2.62. The average molecular weight is 263 g/mol. The van der Waals surface area contributed by atoms with Gasteiger partial charge in [-0.05, 0) is 38.2 Å². The topological polar surface area (TPSA) is 61.0 Å². The van der Waals surface area contributed by atoms with Crippen LogP contribution in [0.2, 0.25) is 0 Å². The number of aryl methyl sites for hydroxylation is 1. The molecule has 0 aromatic carbocycles. The van der Waals surface area contributed by atoms with Crippen molar-refractivity contribution in [3.05, 3.63) is 17.5 Å². The lowest BCUT2D eigenvalue weighted by atomic mass is 10.1. The molecule has 2 rings (SSSR count). The van der Waals surface area contributed by atoms with Gasteiger partial charge in [0.2, 0.25) is 0 Å². The largest absolute Gasteiger partial charge is 0.458 e. The third-order valence-electron chi connectivity index (χ3n) is 3.71. The number of hydrogen-bond donors (Lipinski definition) is 1. The molecule has 19 heavy (non-hydrogen) atoms. The highest BCUT2D eigenvalue weighted by molar-refractivity contribution is 5.15. The lowest BCUT2D eigenvalue weighted by molar-refractivity contribution is 0.148. The smallest absolute Gasteiger partial charge is 0.317 e. The maximum atomic E-state index is 6.18. The summed E-state index contributed by atoms with van der Waals surface area (Å²) >= 11 is 0. The third kappa shape index (κ3) is 3.90. The van der Waals surface area contributed by atoms with E-state index in [4.69, 9.17) is 10.5 Å². The predicted molar refractivity (Wildman–Crippen MR) is 76.3 cm³/mol. The zero-order chi connectivity index (χ0) is 13.8. The molecule has 4 heteroatoms. The Morgan fingerprint density at radius 2 is 1.95 bits per heavy atom. The fourth-order valence-electron chi connectivity index (χ4n) is 2.50. The number of nitrogens with zero attached hydrogens (tertiary/aromatic N) is 2. The molecule has 0 radical (unpaired) electrons. The third-order valence-corrected chi connectivity index (χ3v) is 3.71. The van der Waals surface area contributed by atoms with E-state index in [2.05, 4.69) is 23.8 Å². The van der Waals surface area contributed by atoms with E-state index in [9.17, 15) is 0 Å². The Morgan fingerprint density at radius 3 is 2.68 bits per heavy atom. The Morgan fingerprint density at radius 1 is 1.21 bits per heavy atom. The monoisotopic (exact) mass is 263 g/mol. The molecule has 4 nitrogen and oxygen atoms in total. The van der Waals surface area contributed by atoms with E-state index in [0.717, 1.165) is 24.2 Å². The number of nitrogens with two attached hydrogens (primary N) is 1. The number of hydrogen-bond acceptors (Lipinski definition) is 4. The summed E-state index contributed by atoms with van der Waals surface area (Å²) in [6.07, 6.45) is 5.74. The molecular weight excluding hydrogens is 238 g/mol. The molecule has 1 fully saturated rings. The molecule has 2 N–H and O–H groups in total. The van der Waals surface area contributed by atoms with E-state index in [1.807, 2.05) is 13.0 Å². The first-order chi connectivity index (χ1) is 9.06. The van der Waals surface area contributed by atoms with Crippen molar-refractivity contribution < 1.29 is 4.74 Å². The predicted octanol–water partition coefficient (Wildman–Crippen LogP) is 2.95. The van der Waals surface area contributed by atoms with Crippen molar-refractivity contribution in [2.75, 3.05) is 0 Å². The Hall–Kier alpha value is -1.16. The molecule has 1 aromatic rings. The molecule has 0 saturated heterocycles. The molecule has 1 aliphatic carbocycles. The van der Waals surface area contributed by atoms with Crippen molar-refractivity contribution in [3.63, 3.8) is 0 Å². The van der Waals surface area contributed by atoms with Gasteiger partial charge in [-0.15, -0.1) is 0 Å². The van der Waals surface area contributed by atoms with Crippen molar-refractivity contribution in [2.45, 2.75) is 70.9 Å². The summed E-state index contributed by atoms with van der Waals surface area (Å²) in [4.78, 5) is 8.89. The minimum Gasteiger partial charge on any atom is -0.458 e. The minimum atomic E-state index is 0.0595. The fourth-order valence-corrected chi connectivity index (χ4v) is 2.50. The maximum absolute atomic E-state index is 6.18. The van der Waals surface area contributed by atoms with Gasteiger partial charge in [0.25, 0.3) is 0 Å². The Kier molecular flexibility index (Phi) is 4.75. The van der Waals surface area contributed by atoms with Crippen LogP contribution in [-0.4, -0.2) is 22.1 Å². The number of ether oxygens (including phenoxy) is 1. The molecule has 1 aromatic heterocycles. The lowest BCUT2D eigenvalue weighted by Gasteiger charge is -2.22. The average Bonchev–Trinajstić information content (AvgIpc) is 2.54. The second-order valence-electron chi connectivity index (χ2n) is 5.83. The quantitative estimate of drug-likeness (QED) is 0.852. The van der Waals surface area contributed by atoms with E-state index < -0.39 is 0 Å². The molecular formula is C15H25N3O. The molecule has 0 bridgehead atoms. The minimum absolute atomic E-state index is 0.0595. The van der Waals surface area contributed by atoms with Crippen molar-refractivity contribution in [1.82, 2.24) is 9.97 Å². The van der Waals surface area contributed by atoms with Gasteiger partial charge < -0.3 is 10.5 Å². The summed E-state index contributed by atoms with van der Waals surface area (Å²) in [5.74, 6) is 0.381. The van der Waals surface area contributed by atoms with Crippen LogP contribution in [0, 0.1) is 6.92 Å². The molecule has 1 saturated carbocycles. The fraction of sp³-hybridized carbons (Fsp3) is 0.733. The van der Waals surface area contributed by atoms with Crippen LogP contribution in [-0.2, 0) is 0 Å². The second-order valence-corrected chi connectivity index (χ2v) is 5.83. The van der Waals surface area contributed by atoms with Gasteiger partial charge in [0.05, 0.1) is 5.69 Å². The van der Waals surface area contributed by atoms with Gasteiger partial charge in [-0.2, -0.15) is 4.98 Å². The lowest BCUT2D eigenvalue weighted by Crippen LogP contribution is -2.38. The van der Waals surface area contributed by atoms with Crippen LogP contribution in [0.3, 0.4) is 0 Å². The Balaban J connectivity index is 2.13. The van der Waals surface area contributed by atoms with Crippen molar-refractivity contribution in [3.8, 4) is 6.01 Å².